The molecule has 0 saturated carbocycles. The summed E-state index contributed by atoms with van der Waals surface area (Å²) >= 11 is 1.35. The van der Waals surface area contributed by atoms with Gasteiger partial charge in [0.15, 0.2) is 5.21 Å². The molecule has 1 heterocycles. The first-order chi connectivity index (χ1) is 18.9. The van der Waals surface area contributed by atoms with Crippen LogP contribution in [-0.4, -0.2) is 44.3 Å². The van der Waals surface area contributed by atoms with Gasteiger partial charge in [-0.25, -0.2) is 4.79 Å². The number of rotatable bonds is 11. The summed E-state index contributed by atoms with van der Waals surface area (Å²) in [4.78, 5) is 25.7. The summed E-state index contributed by atoms with van der Waals surface area (Å²) < 4.78 is 14.6. The molecule has 3 aromatic rings. The number of nitrogens with one attached hydrogen (secondary N) is 2. The number of benzene rings is 2. The molecule has 3 rings (SSSR count). The Bertz CT molecular complexity index is 1350. The zero-order valence-corrected chi connectivity index (χ0v) is 24.5. The van der Waals surface area contributed by atoms with Gasteiger partial charge in [-0.2, -0.15) is 9.94 Å². The van der Waals surface area contributed by atoms with Crippen molar-refractivity contribution in [1.29, 1.82) is 5.26 Å². The highest BCUT2D eigenvalue weighted by atomic mass is 32.2. The van der Waals surface area contributed by atoms with Gasteiger partial charge >= 0.3 is 11.9 Å². The molecule has 0 aliphatic rings. The molecule has 0 spiro atoms. The molecular formula is C28H36N7O4S+. The Morgan fingerprint density at radius 2 is 1.77 bits per heavy atom. The van der Waals surface area contributed by atoms with Crippen LogP contribution < -0.4 is 15.3 Å². The maximum Gasteiger partial charge on any atom is 0.408 e. The van der Waals surface area contributed by atoms with Crippen molar-refractivity contribution in [3.63, 3.8) is 0 Å². The lowest BCUT2D eigenvalue weighted by molar-refractivity contribution is -0.748. The Hall–Kier alpha value is -3.95. The van der Waals surface area contributed by atoms with Gasteiger partial charge in [-0.15, -0.1) is 0 Å². The Morgan fingerprint density at radius 1 is 1.10 bits per heavy atom. The summed E-state index contributed by atoms with van der Waals surface area (Å²) in [5.74, 6) is 0.502. The highest BCUT2D eigenvalue weighted by Gasteiger charge is 2.36. The molecule has 0 saturated heterocycles. The first kappa shape index (κ1) is 30.6. The number of hydrogen-bond donors (Lipinski definition) is 2. The molecule has 0 bridgehead atoms. The lowest BCUT2D eigenvalue weighted by Gasteiger charge is -2.28. The molecule has 0 aliphatic carbocycles. The van der Waals surface area contributed by atoms with E-state index in [1.165, 1.54) is 11.9 Å². The highest BCUT2D eigenvalue weighted by molar-refractivity contribution is 7.96. The van der Waals surface area contributed by atoms with Crippen LogP contribution in [0.1, 0.15) is 63.2 Å². The van der Waals surface area contributed by atoms with Crippen molar-refractivity contribution in [2.24, 2.45) is 7.05 Å². The summed E-state index contributed by atoms with van der Waals surface area (Å²) in [6.07, 6.45) is -0.699. The van der Waals surface area contributed by atoms with Gasteiger partial charge in [-0.1, -0.05) is 48.5 Å². The number of nitrogens with zero attached hydrogens (tertiary/aromatic N) is 5. The number of tetrazole rings is 1. The van der Waals surface area contributed by atoms with E-state index in [9.17, 15) is 14.9 Å². The van der Waals surface area contributed by atoms with Gasteiger partial charge in [0.25, 0.3) is 0 Å². The molecule has 2 amide bonds. The van der Waals surface area contributed by atoms with E-state index in [0.29, 0.717) is 23.7 Å². The number of hydrogen-bond acceptors (Lipinski definition) is 8. The zero-order valence-electron chi connectivity index (χ0n) is 23.7. The van der Waals surface area contributed by atoms with Crippen LogP contribution in [-0.2, 0) is 33.7 Å². The second-order valence-electron chi connectivity index (χ2n) is 10.6. The minimum Gasteiger partial charge on any atom is -0.444 e. The van der Waals surface area contributed by atoms with Crippen LogP contribution in [0.4, 0.5) is 4.79 Å². The number of alkyl carbamates (subject to hydrolysis) is 1. The molecule has 212 valence electrons. The molecule has 12 heteroatoms. The van der Waals surface area contributed by atoms with E-state index >= 15 is 0 Å². The fourth-order valence-electron chi connectivity index (χ4n) is 3.59. The molecule has 40 heavy (non-hydrogen) atoms. The van der Waals surface area contributed by atoms with Crippen molar-refractivity contribution in [2.75, 3.05) is 6.61 Å². The third-order valence-corrected chi connectivity index (χ3v) is 6.67. The Morgan fingerprint density at radius 3 is 2.45 bits per heavy atom. The standard InChI is InChI=1S/C28H35N7O4S/c1-27(2,3)39-26(37)31-28(4,5)25(36)30-23(18-38-17-20-12-8-7-9-13-20)24-32-33-35(34(24)6)40-19-22-15-11-10-14-21(22)16-29/h7-15,23H,17-19H2,1-6H3,(H-,30,31,36,37)/p+1/t23-/m1/s1. The van der Waals surface area contributed by atoms with E-state index in [-0.39, 0.29) is 6.61 Å². The van der Waals surface area contributed by atoms with Gasteiger partial charge in [-0.3, -0.25) is 4.79 Å². The Balaban J connectivity index is 1.77. The third-order valence-electron chi connectivity index (χ3n) is 5.68. The lowest BCUT2D eigenvalue weighted by Crippen LogP contribution is -2.57. The number of ether oxygens (including phenoxy) is 2. The fraction of sp³-hybridized carbons (Fsp3) is 0.429. The number of carbonyl (C=O) groups excluding carboxylic acids is 2. The van der Waals surface area contributed by atoms with E-state index in [4.69, 9.17) is 9.47 Å². The van der Waals surface area contributed by atoms with Crippen molar-refractivity contribution in [3.8, 4) is 6.07 Å². The first-order valence-electron chi connectivity index (χ1n) is 12.8. The van der Waals surface area contributed by atoms with Gasteiger partial charge in [0.05, 0.1) is 31.9 Å². The monoisotopic (exact) mass is 566 g/mol. The van der Waals surface area contributed by atoms with E-state index in [2.05, 4.69) is 27.0 Å². The van der Waals surface area contributed by atoms with Gasteiger partial charge in [-0.05, 0) is 51.8 Å². The molecule has 0 radical (unpaired) electrons. The summed E-state index contributed by atoms with van der Waals surface area (Å²) in [6, 6.07) is 18.6. The van der Waals surface area contributed by atoms with Crippen LogP contribution in [0.15, 0.2) is 54.6 Å². The van der Waals surface area contributed by atoms with Crippen molar-refractivity contribution >= 4 is 23.9 Å². The highest BCUT2D eigenvalue weighted by Crippen LogP contribution is 2.18. The average molecular weight is 567 g/mol. The van der Waals surface area contributed by atoms with Gasteiger partial charge in [0.2, 0.25) is 5.91 Å². The molecule has 2 aromatic carbocycles. The second-order valence-corrected chi connectivity index (χ2v) is 11.5. The van der Waals surface area contributed by atoms with E-state index in [1.54, 1.807) is 56.6 Å². The Kier molecular flexibility index (Phi) is 10.3. The second kappa shape index (κ2) is 13.4. The molecule has 0 aliphatic heterocycles. The predicted octanol–water partition coefficient (Wildman–Crippen LogP) is 3.35. The molecule has 2 N–H and O–H groups in total. The zero-order chi connectivity index (χ0) is 29.3. The summed E-state index contributed by atoms with van der Waals surface area (Å²) in [6.45, 7) is 8.88. The maximum atomic E-state index is 13.3. The quantitative estimate of drug-likeness (QED) is 0.338. The van der Waals surface area contributed by atoms with Crippen LogP contribution in [0.3, 0.4) is 0 Å². The normalized spacial score (nSPS) is 12.3. The van der Waals surface area contributed by atoms with Crippen molar-refractivity contribution in [2.45, 2.75) is 64.2 Å². The SMILES string of the molecule is C[n+]1c([C@@H](COCc2ccccc2)NC(=O)C(C)(C)NC(=O)OC(C)(C)C)nnn1SCc1ccccc1C#N. The largest absolute Gasteiger partial charge is 0.444 e. The first-order valence-corrected chi connectivity index (χ1v) is 13.7. The minimum atomic E-state index is -1.29. The average Bonchev–Trinajstić information content (AvgIpc) is 3.25. The van der Waals surface area contributed by atoms with E-state index in [0.717, 1.165) is 11.1 Å². The third kappa shape index (κ3) is 8.79. The van der Waals surface area contributed by atoms with E-state index < -0.39 is 29.2 Å². The van der Waals surface area contributed by atoms with Crippen molar-refractivity contribution in [3.05, 3.63) is 77.1 Å². The smallest absolute Gasteiger partial charge is 0.408 e. The van der Waals surface area contributed by atoms with Crippen molar-refractivity contribution < 1.29 is 23.7 Å². The maximum absolute atomic E-state index is 13.3. The van der Waals surface area contributed by atoms with Gasteiger partial charge < -0.3 is 20.1 Å². The number of nitriles is 1. The number of carbonyl (C=O) groups is 2. The summed E-state index contributed by atoms with van der Waals surface area (Å²) in [7, 11) is 1.78. The van der Waals surface area contributed by atoms with Crippen molar-refractivity contribution in [1.82, 2.24) is 25.1 Å². The topological polar surface area (TPSA) is 135 Å². The molecular weight excluding hydrogens is 530 g/mol. The lowest BCUT2D eigenvalue weighted by atomic mass is 10.0. The van der Waals surface area contributed by atoms with Crippen LogP contribution >= 0.6 is 11.9 Å². The van der Waals surface area contributed by atoms with Crippen LogP contribution in [0.25, 0.3) is 0 Å². The van der Waals surface area contributed by atoms with Crippen LogP contribution in [0.2, 0.25) is 0 Å². The molecule has 0 fully saturated rings. The van der Waals surface area contributed by atoms with Crippen LogP contribution in [0, 0.1) is 11.3 Å². The Labute approximate surface area is 239 Å². The summed E-state index contributed by atoms with van der Waals surface area (Å²) in [5, 5.41) is 23.5. The molecule has 11 nitrogen and oxygen atoms in total. The summed E-state index contributed by atoms with van der Waals surface area (Å²) in [5.41, 5.74) is 0.460. The fourth-order valence-corrected chi connectivity index (χ4v) is 4.44. The molecule has 0 unspecified atom stereocenters. The van der Waals surface area contributed by atoms with Gasteiger partial charge in [0, 0.05) is 21.9 Å². The number of amides is 2. The number of aromatic nitrogens is 4. The van der Waals surface area contributed by atoms with E-state index in [1.807, 2.05) is 48.5 Å². The minimum absolute atomic E-state index is 0.109. The molecule has 1 atom stereocenters. The van der Waals surface area contributed by atoms with Gasteiger partial charge in [0.1, 0.15) is 22.3 Å². The van der Waals surface area contributed by atoms with Crippen LogP contribution in [0.5, 0.6) is 0 Å². The molecule has 1 aromatic heterocycles. The predicted molar refractivity (Wildman–Crippen MR) is 149 cm³/mol.